The van der Waals surface area contributed by atoms with Crippen LogP contribution in [0, 0.1) is 0 Å². The number of aromatic amines is 1. The van der Waals surface area contributed by atoms with Crippen LogP contribution < -0.4 is 9.47 Å². The minimum absolute atomic E-state index is 0.0303. The van der Waals surface area contributed by atoms with Crippen LogP contribution in [-0.4, -0.2) is 28.5 Å². The third-order valence-electron chi connectivity index (χ3n) is 2.74. The molecule has 0 unspecified atom stereocenters. The van der Waals surface area contributed by atoms with Gasteiger partial charge in [-0.3, -0.25) is 0 Å². The Balaban J connectivity index is 1.97. The van der Waals surface area contributed by atoms with E-state index in [-0.39, 0.29) is 13.4 Å². The van der Waals surface area contributed by atoms with Gasteiger partial charge in [-0.25, -0.2) is 4.98 Å². The van der Waals surface area contributed by atoms with Crippen LogP contribution in [0.25, 0.3) is 11.4 Å². The van der Waals surface area contributed by atoms with Crippen LogP contribution in [0.4, 0.5) is 0 Å². The van der Waals surface area contributed by atoms with Crippen molar-refractivity contribution in [3.8, 4) is 22.9 Å². The van der Waals surface area contributed by atoms with E-state index in [4.69, 9.17) is 26.2 Å². The van der Waals surface area contributed by atoms with E-state index in [0.29, 0.717) is 23.1 Å². The Labute approximate surface area is 108 Å². The first kappa shape index (κ1) is 11.4. The van der Waals surface area contributed by atoms with Crippen LogP contribution in [0.3, 0.4) is 0 Å². The highest BCUT2D eigenvalue weighted by Crippen LogP contribution is 2.35. The molecule has 18 heavy (non-hydrogen) atoms. The minimum Gasteiger partial charge on any atom is -0.454 e. The first-order valence-electron chi connectivity index (χ1n) is 5.53. The summed E-state index contributed by atoms with van der Waals surface area (Å²) >= 11 is 5.98. The van der Waals surface area contributed by atoms with E-state index in [1.54, 1.807) is 0 Å². The van der Waals surface area contributed by atoms with Gasteiger partial charge in [-0.1, -0.05) is 11.6 Å². The molecule has 5 nitrogen and oxygen atoms in total. The molecular weight excluding hydrogens is 256 g/mol. The second-order valence-electron chi connectivity index (χ2n) is 3.90. The minimum atomic E-state index is 0.0303. The zero-order chi connectivity index (χ0) is 12.5. The molecule has 1 aliphatic rings. The molecule has 0 fully saturated rings. The molecule has 6 heteroatoms. The standard InChI is InChI=1S/C12H11ClN2O3/c13-11-8(3-4-16)14-12(15-11)7-1-2-9-10(5-7)18-6-17-9/h1-2,5,16H,3-4,6H2,(H,14,15). The number of halogens is 1. The molecule has 1 aromatic carbocycles. The van der Waals surface area contributed by atoms with Gasteiger partial charge in [-0.2, -0.15) is 0 Å². The van der Waals surface area contributed by atoms with Gasteiger partial charge in [0.1, 0.15) is 5.82 Å². The van der Waals surface area contributed by atoms with Crippen molar-refractivity contribution in [1.82, 2.24) is 9.97 Å². The lowest BCUT2D eigenvalue weighted by Crippen LogP contribution is -1.92. The van der Waals surface area contributed by atoms with Crippen molar-refractivity contribution in [3.63, 3.8) is 0 Å². The first-order valence-corrected chi connectivity index (χ1v) is 5.91. The molecule has 0 amide bonds. The molecule has 1 aromatic heterocycles. The summed E-state index contributed by atoms with van der Waals surface area (Å²) in [5, 5.41) is 9.29. The zero-order valence-corrected chi connectivity index (χ0v) is 10.2. The molecule has 0 saturated heterocycles. The van der Waals surface area contributed by atoms with Crippen LogP contribution in [0.15, 0.2) is 18.2 Å². The normalized spacial score (nSPS) is 13.0. The lowest BCUT2D eigenvalue weighted by Gasteiger charge is -1.99. The summed E-state index contributed by atoms with van der Waals surface area (Å²) in [5.41, 5.74) is 1.59. The molecule has 0 bridgehead atoms. The van der Waals surface area contributed by atoms with Crippen molar-refractivity contribution in [2.24, 2.45) is 0 Å². The molecule has 0 atom stereocenters. The van der Waals surface area contributed by atoms with E-state index in [1.807, 2.05) is 18.2 Å². The summed E-state index contributed by atoms with van der Waals surface area (Å²) in [4.78, 5) is 7.32. The van der Waals surface area contributed by atoms with Crippen molar-refractivity contribution in [2.75, 3.05) is 13.4 Å². The van der Waals surface area contributed by atoms with Gasteiger partial charge in [-0.05, 0) is 18.2 Å². The van der Waals surface area contributed by atoms with Crippen molar-refractivity contribution < 1.29 is 14.6 Å². The number of ether oxygens (including phenoxy) is 2. The molecule has 0 radical (unpaired) electrons. The third-order valence-corrected chi connectivity index (χ3v) is 3.05. The Morgan fingerprint density at radius 2 is 2.17 bits per heavy atom. The van der Waals surface area contributed by atoms with Crippen LogP contribution >= 0.6 is 11.6 Å². The number of fused-ring (bicyclic) bond motifs is 1. The number of aliphatic hydroxyl groups is 1. The average molecular weight is 267 g/mol. The molecule has 0 aliphatic carbocycles. The summed E-state index contributed by atoms with van der Waals surface area (Å²) in [6, 6.07) is 5.56. The number of benzene rings is 1. The van der Waals surface area contributed by atoms with Crippen LogP contribution in [-0.2, 0) is 6.42 Å². The van der Waals surface area contributed by atoms with E-state index in [9.17, 15) is 0 Å². The number of nitrogens with zero attached hydrogens (tertiary/aromatic N) is 1. The number of hydrogen-bond donors (Lipinski definition) is 2. The van der Waals surface area contributed by atoms with Crippen molar-refractivity contribution >= 4 is 11.6 Å². The smallest absolute Gasteiger partial charge is 0.231 e. The van der Waals surface area contributed by atoms with Crippen LogP contribution in [0.1, 0.15) is 5.69 Å². The molecule has 2 heterocycles. The van der Waals surface area contributed by atoms with Gasteiger partial charge < -0.3 is 19.6 Å². The molecule has 0 saturated carbocycles. The third kappa shape index (κ3) is 1.91. The molecular formula is C12H11ClN2O3. The van der Waals surface area contributed by atoms with Gasteiger partial charge in [0.2, 0.25) is 6.79 Å². The van der Waals surface area contributed by atoms with Crippen molar-refractivity contribution in [2.45, 2.75) is 6.42 Å². The summed E-state index contributed by atoms with van der Waals surface area (Å²) in [6.45, 7) is 0.274. The zero-order valence-electron chi connectivity index (χ0n) is 9.44. The van der Waals surface area contributed by atoms with E-state index >= 15 is 0 Å². The Morgan fingerprint density at radius 3 is 3.00 bits per heavy atom. The van der Waals surface area contributed by atoms with E-state index in [1.165, 1.54) is 0 Å². The molecule has 3 rings (SSSR count). The maximum absolute atomic E-state index is 8.91. The fourth-order valence-corrected chi connectivity index (χ4v) is 2.07. The molecule has 2 N–H and O–H groups in total. The summed E-state index contributed by atoms with van der Waals surface area (Å²) in [6.07, 6.45) is 0.455. The predicted octanol–water partition coefficient (Wildman–Crippen LogP) is 1.99. The van der Waals surface area contributed by atoms with Gasteiger partial charge in [0, 0.05) is 18.6 Å². The Hall–Kier alpha value is -1.72. The lowest BCUT2D eigenvalue weighted by atomic mass is 10.2. The number of imidazole rings is 1. The van der Waals surface area contributed by atoms with Gasteiger partial charge in [0.05, 0.1) is 5.69 Å². The number of rotatable bonds is 3. The largest absolute Gasteiger partial charge is 0.454 e. The topological polar surface area (TPSA) is 67.4 Å². The SMILES string of the molecule is OCCc1[nH]c(-c2ccc3c(c2)OCO3)nc1Cl. The van der Waals surface area contributed by atoms with E-state index in [0.717, 1.165) is 17.0 Å². The second-order valence-corrected chi connectivity index (χ2v) is 4.25. The Bertz CT molecular complexity index is 583. The number of aliphatic hydroxyl groups excluding tert-OH is 1. The van der Waals surface area contributed by atoms with Crippen molar-refractivity contribution in [3.05, 3.63) is 29.0 Å². The second kappa shape index (κ2) is 4.51. The highest BCUT2D eigenvalue weighted by molar-refractivity contribution is 6.30. The predicted molar refractivity (Wildman–Crippen MR) is 65.9 cm³/mol. The first-order chi connectivity index (χ1) is 8.78. The summed E-state index contributed by atoms with van der Waals surface area (Å²) in [5.74, 6) is 2.08. The Morgan fingerprint density at radius 1 is 1.33 bits per heavy atom. The Kier molecular flexibility index (Phi) is 2.85. The molecule has 0 spiro atoms. The fourth-order valence-electron chi connectivity index (χ4n) is 1.85. The van der Waals surface area contributed by atoms with Crippen molar-refractivity contribution in [1.29, 1.82) is 0 Å². The van der Waals surface area contributed by atoms with Gasteiger partial charge in [0.25, 0.3) is 0 Å². The van der Waals surface area contributed by atoms with Gasteiger partial charge >= 0.3 is 0 Å². The monoisotopic (exact) mass is 266 g/mol. The summed E-state index contributed by atoms with van der Waals surface area (Å²) < 4.78 is 10.6. The number of nitrogens with one attached hydrogen (secondary N) is 1. The molecule has 94 valence electrons. The highest BCUT2D eigenvalue weighted by atomic mass is 35.5. The lowest BCUT2D eigenvalue weighted by molar-refractivity contribution is 0.174. The van der Waals surface area contributed by atoms with Crippen LogP contribution in [0.5, 0.6) is 11.5 Å². The number of aromatic nitrogens is 2. The average Bonchev–Trinajstić information content (AvgIpc) is 2.96. The highest BCUT2D eigenvalue weighted by Gasteiger charge is 2.16. The van der Waals surface area contributed by atoms with Crippen LogP contribution in [0.2, 0.25) is 5.15 Å². The fraction of sp³-hybridized carbons (Fsp3) is 0.250. The molecule has 1 aliphatic heterocycles. The number of hydrogen-bond acceptors (Lipinski definition) is 4. The van der Waals surface area contributed by atoms with Gasteiger partial charge in [-0.15, -0.1) is 0 Å². The maximum Gasteiger partial charge on any atom is 0.231 e. The maximum atomic E-state index is 8.91. The number of H-pyrrole nitrogens is 1. The quantitative estimate of drug-likeness (QED) is 0.892. The van der Waals surface area contributed by atoms with Gasteiger partial charge in [0.15, 0.2) is 16.7 Å². The van der Waals surface area contributed by atoms with E-state index < -0.39 is 0 Å². The van der Waals surface area contributed by atoms with E-state index in [2.05, 4.69) is 9.97 Å². The molecule has 2 aromatic rings. The summed E-state index contributed by atoms with van der Waals surface area (Å²) in [7, 11) is 0.